The van der Waals surface area contributed by atoms with Gasteiger partial charge >= 0.3 is 0 Å². The first-order valence-corrected chi connectivity index (χ1v) is 5.92. The highest BCUT2D eigenvalue weighted by atomic mass is 16.6. The van der Waals surface area contributed by atoms with Crippen LogP contribution < -0.4 is 5.32 Å². The number of nitrogens with zero attached hydrogens (tertiary/aromatic N) is 2. The molecular formula is C12H19N3O3. The van der Waals surface area contributed by atoms with Crippen molar-refractivity contribution in [1.82, 2.24) is 4.98 Å². The van der Waals surface area contributed by atoms with E-state index in [1.807, 2.05) is 0 Å². The summed E-state index contributed by atoms with van der Waals surface area (Å²) in [5.41, 5.74) is 0.559. The smallest absolute Gasteiger partial charge is 0.290 e. The van der Waals surface area contributed by atoms with Gasteiger partial charge in [0.15, 0.2) is 0 Å². The highest BCUT2D eigenvalue weighted by Crippen LogP contribution is 2.20. The maximum Gasteiger partial charge on any atom is 0.290 e. The minimum absolute atomic E-state index is 0.00459. The Hall–Kier alpha value is -1.69. The summed E-state index contributed by atoms with van der Waals surface area (Å²) in [6.07, 6.45) is 2.05. The van der Waals surface area contributed by atoms with E-state index in [0.29, 0.717) is 17.3 Å². The fourth-order valence-corrected chi connectivity index (χ4v) is 1.78. The number of aryl methyl sites for hydroxylation is 1. The average molecular weight is 253 g/mol. The maximum absolute atomic E-state index is 10.7. The Morgan fingerprint density at radius 2 is 2.22 bits per heavy atom. The van der Waals surface area contributed by atoms with Gasteiger partial charge in [0.25, 0.3) is 5.69 Å². The van der Waals surface area contributed by atoms with E-state index in [-0.39, 0.29) is 18.3 Å². The number of nitrogens with one attached hydrogen (secondary N) is 1. The lowest BCUT2D eigenvalue weighted by Crippen LogP contribution is -2.26. The van der Waals surface area contributed by atoms with Crippen molar-refractivity contribution in [3.05, 3.63) is 27.9 Å². The minimum atomic E-state index is -0.455. The molecule has 2 N–H and O–H groups in total. The second-order valence-corrected chi connectivity index (χ2v) is 4.77. The van der Waals surface area contributed by atoms with Gasteiger partial charge < -0.3 is 10.4 Å². The Morgan fingerprint density at radius 1 is 1.56 bits per heavy atom. The van der Waals surface area contributed by atoms with E-state index in [1.54, 1.807) is 13.0 Å². The van der Waals surface area contributed by atoms with Crippen LogP contribution in [-0.4, -0.2) is 27.7 Å². The molecule has 1 atom stereocenters. The largest absolute Gasteiger partial charge is 0.394 e. The number of aliphatic hydroxyl groups excluding tert-OH is 1. The van der Waals surface area contributed by atoms with Gasteiger partial charge in [-0.1, -0.05) is 13.8 Å². The molecule has 0 amide bonds. The van der Waals surface area contributed by atoms with Crippen LogP contribution in [-0.2, 0) is 0 Å². The molecule has 1 rings (SSSR count). The van der Waals surface area contributed by atoms with Crippen molar-refractivity contribution in [1.29, 1.82) is 0 Å². The zero-order valence-electron chi connectivity index (χ0n) is 10.9. The summed E-state index contributed by atoms with van der Waals surface area (Å²) in [5, 5.41) is 23.0. The molecule has 100 valence electrons. The van der Waals surface area contributed by atoms with Gasteiger partial charge in [0.2, 0.25) is 0 Å². The van der Waals surface area contributed by atoms with E-state index in [9.17, 15) is 15.2 Å². The average Bonchev–Trinajstić information content (AvgIpc) is 2.27. The number of anilines is 1. The molecule has 1 aromatic heterocycles. The van der Waals surface area contributed by atoms with Gasteiger partial charge in [-0.25, -0.2) is 4.98 Å². The predicted molar refractivity (Wildman–Crippen MR) is 69.6 cm³/mol. The molecule has 1 unspecified atom stereocenters. The molecule has 0 aliphatic rings. The summed E-state index contributed by atoms with van der Waals surface area (Å²) >= 11 is 0. The topological polar surface area (TPSA) is 88.3 Å². The number of hydrogen-bond acceptors (Lipinski definition) is 5. The molecule has 0 saturated carbocycles. The molecule has 1 heterocycles. The molecule has 0 bridgehead atoms. The molecule has 0 aliphatic heterocycles. The van der Waals surface area contributed by atoms with Crippen molar-refractivity contribution in [2.45, 2.75) is 33.2 Å². The van der Waals surface area contributed by atoms with Crippen molar-refractivity contribution in [2.24, 2.45) is 5.92 Å². The zero-order valence-corrected chi connectivity index (χ0v) is 10.9. The third kappa shape index (κ3) is 3.96. The molecule has 6 nitrogen and oxygen atoms in total. The lowest BCUT2D eigenvalue weighted by atomic mass is 10.0. The van der Waals surface area contributed by atoms with Gasteiger partial charge in [0.05, 0.1) is 17.6 Å². The van der Waals surface area contributed by atoms with E-state index >= 15 is 0 Å². The Kier molecular flexibility index (Phi) is 5.03. The Morgan fingerprint density at radius 3 is 2.67 bits per heavy atom. The molecular weight excluding hydrogens is 234 g/mol. The molecule has 0 spiro atoms. The van der Waals surface area contributed by atoms with E-state index in [0.717, 1.165) is 6.42 Å². The van der Waals surface area contributed by atoms with Crippen molar-refractivity contribution in [3.63, 3.8) is 0 Å². The summed E-state index contributed by atoms with van der Waals surface area (Å²) < 4.78 is 0. The second kappa shape index (κ2) is 6.30. The molecule has 6 heteroatoms. The molecule has 0 fully saturated rings. The Bertz CT molecular complexity index is 421. The van der Waals surface area contributed by atoms with Gasteiger partial charge in [-0.15, -0.1) is 0 Å². The maximum atomic E-state index is 10.7. The van der Waals surface area contributed by atoms with E-state index in [4.69, 9.17) is 0 Å². The fraction of sp³-hybridized carbons (Fsp3) is 0.583. The first kappa shape index (κ1) is 14.4. The number of hydrogen-bond donors (Lipinski definition) is 2. The van der Waals surface area contributed by atoms with Crippen molar-refractivity contribution in [2.75, 3.05) is 11.9 Å². The van der Waals surface area contributed by atoms with E-state index in [1.165, 1.54) is 6.20 Å². The second-order valence-electron chi connectivity index (χ2n) is 4.77. The summed E-state index contributed by atoms with van der Waals surface area (Å²) in [4.78, 5) is 14.2. The molecule has 0 saturated heterocycles. The van der Waals surface area contributed by atoms with Crippen LogP contribution in [0.3, 0.4) is 0 Å². The lowest BCUT2D eigenvalue weighted by molar-refractivity contribution is -0.385. The molecule has 1 aromatic rings. The molecule has 0 aromatic carbocycles. The summed E-state index contributed by atoms with van der Waals surface area (Å²) in [6, 6.07) is 1.54. The third-order valence-corrected chi connectivity index (χ3v) is 2.61. The van der Waals surface area contributed by atoms with Crippen LogP contribution in [0.5, 0.6) is 0 Å². The van der Waals surface area contributed by atoms with Crippen LogP contribution in [0.25, 0.3) is 0 Å². The quantitative estimate of drug-likeness (QED) is 0.598. The third-order valence-electron chi connectivity index (χ3n) is 2.61. The molecule has 0 radical (unpaired) electrons. The Labute approximate surface area is 106 Å². The number of pyridine rings is 1. The lowest BCUT2D eigenvalue weighted by Gasteiger charge is -2.18. The van der Waals surface area contributed by atoms with Crippen LogP contribution in [0, 0.1) is 23.0 Å². The van der Waals surface area contributed by atoms with Gasteiger partial charge in [0, 0.05) is 5.56 Å². The molecule has 0 aliphatic carbocycles. The standard InChI is InChI=1S/C12H19N3O3/c1-8(2)4-10(7-16)14-12-5-9(3)11(6-13-12)15(17)18/h5-6,8,10,16H,4,7H2,1-3H3,(H,13,14). The van der Waals surface area contributed by atoms with E-state index in [2.05, 4.69) is 24.1 Å². The zero-order chi connectivity index (χ0) is 13.7. The van der Waals surface area contributed by atoms with Crippen LogP contribution in [0.1, 0.15) is 25.8 Å². The van der Waals surface area contributed by atoms with Gasteiger partial charge in [-0.2, -0.15) is 0 Å². The van der Waals surface area contributed by atoms with Crippen molar-refractivity contribution >= 4 is 11.5 Å². The highest BCUT2D eigenvalue weighted by Gasteiger charge is 2.14. The number of aliphatic hydroxyl groups is 1. The van der Waals surface area contributed by atoms with Gasteiger partial charge in [-0.3, -0.25) is 10.1 Å². The van der Waals surface area contributed by atoms with E-state index < -0.39 is 4.92 Å². The van der Waals surface area contributed by atoms with Crippen molar-refractivity contribution < 1.29 is 10.0 Å². The highest BCUT2D eigenvalue weighted by molar-refractivity contribution is 5.47. The van der Waals surface area contributed by atoms with Crippen LogP contribution in [0.2, 0.25) is 0 Å². The fourth-order valence-electron chi connectivity index (χ4n) is 1.78. The molecule has 18 heavy (non-hydrogen) atoms. The number of aromatic nitrogens is 1. The SMILES string of the molecule is Cc1cc(NC(CO)CC(C)C)ncc1[N+](=O)[O-]. The summed E-state index contributed by atoms with van der Waals surface area (Å²) in [7, 11) is 0. The first-order valence-electron chi connectivity index (χ1n) is 5.92. The summed E-state index contributed by atoms with van der Waals surface area (Å²) in [6.45, 7) is 5.81. The monoisotopic (exact) mass is 253 g/mol. The number of rotatable bonds is 6. The van der Waals surface area contributed by atoms with Crippen LogP contribution in [0.15, 0.2) is 12.3 Å². The number of nitro groups is 1. The normalized spacial score (nSPS) is 12.5. The van der Waals surface area contributed by atoms with Crippen molar-refractivity contribution in [3.8, 4) is 0 Å². The van der Waals surface area contributed by atoms with Crippen LogP contribution >= 0.6 is 0 Å². The van der Waals surface area contributed by atoms with Gasteiger partial charge in [0.1, 0.15) is 12.0 Å². The van der Waals surface area contributed by atoms with Crippen LogP contribution in [0.4, 0.5) is 11.5 Å². The summed E-state index contributed by atoms with van der Waals surface area (Å²) in [5.74, 6) is 1.01. The minimum Gasteiger partial charge on any atom is -0.394 e. The van der Waals surface area contributed by atoms with Gasteiger partial charge in [-0.05, 0) is 25.3 Å². The first-order chi connectivity index (χ1) is 8.43. The predicted octanol–water partition coefficient (Wildman–Crippen LogP) is 2.12. The Balaban J connectivity index is 2.78.